The molecule has 130 valence electrons. The predicted octanol–water partition coefficient (Wildman–Crippen LogP) is 3.48. The normalized spacial score (nSPS) is 21.1. The number of methoxy groups -OCH3 is 1. The lowest BCUT2D eigenvalue weighted by Crippen LogP contribution is -2.39. The van der Waals surface area contributed by atoms with Crippen LogP contribution in [0, 0.1) is 3.57 Å². The highest BCUT2D eigenvalue weighted by Gasteiger charge is 2.24. The molecule has 0 radical (unpaired) electrons. The Bertz CT molecular complexity index is 693. The number of rotatable bonds is 6. The first-order valence-corrected chi connectivity index (χ1v) is 9.43. The first kappa shape index (κ1) is 17.7. The molecule has 0 atom stereocenters. The summed E-state index contributed by atoms with van der Waals surface area (Å²) in [5.74, 6) is 0.00437. The van der Waals surface area contributed by atoms with E-state index in [0.29, 0.717) is 19.3 Å². The average molecular weight is 442 g/mol. The van der Waals surface area contributed by atoms with E-state index in [9.17, 15) is 4.79 Å². The zero-order chi connectivity index (χ0) is 16.9. The molecule has 0 unspecified atom stereocenters. The Morgan fingerprint density at radius 3 is 2.83 bits per heavy atom. The molecule has 0 spiro atoms. The summed E-state index contributed by atoms with van der Waals surface area (Å²) in [5.41, 5.74) is 1.63. The van der Waals surface area contributed by atoms with Gasteiger partial charge in [-0.3, -0.25) is 4.79 Å². The topological polar surface area (TPSA) is 63.4 Å². The predicted molar refractivity (Wildman–Crippen MR) is 102 cm³/mol. The van der Waals surface area contributed by atoms with Gasteiger partial charge in [-0.1, -0.05) is 0 Å². The van der Waals surface area contributed by atoms with Crippen LogP contribution in [0.15, 0.2) is 24.4 Å². The second-order valence-electron chi connectivity index (χ2n) is 6.21. The van der Waals surface area contributed by atoms with Crippen LogP contribution < -0.4 is 5.32 Å². The van der Waals surface area contributed by atoms with Crippen molar-refractivity contribution in [1.29, 1.82) is 0 Å². The maximum atomic E-state index is 12.7. The molecule has 0 saturated heterocycles. The van der Waals surface area contributed by atoms with Crippen molar-refractivity contribution in [3.63, 3.8) is 0 Å². The third kappa shape index (κ3) is 4.29. The van der Waals surface area contributed by atoms with E-state index in [0.717, 1.165) is 45.7 Å². The van der Waals surface area contributed by atoms with Gasteiger partial charge in [-0.15, -0.1) is 0 Å². The van der Waals surface area contributed by atoms with Gasteiger partial charge in [0.1, 0.15) is 0 Å². The summed E-state index contributed by atoms with van der Waals surface area (Å²) in [6.45, 7) is 1.28. The Morgan fingerprint density at radius 2 is 2.08 bits per heavy atom. The van der Waals surface area contributed by atoms with Gasteiger partial charge >= 0.3 is 0 Å². The number of carbonyl (C=O) groups is 1. The number of halogens is 1. The minimum absolute atomic E-state index is 0.00437. The number of hydrogen-bond acceptors (Lipinski definition) is 3. The molecule has 2 aromatic rings. The Labute approximate surface area is 155 Å². The van der Waals surface area contributed by atoms with Crippen molar-refractivity contribution in [2.24, 2.45) is 0 Å². The largest absolute Gasteiger partial charge is 0.382 e. The van der Waals surface area contributed by atoms with E-state index >= 15 is 0 Å². The summed E-state index contributed by atoms with van der Waals surface area (Å²) in [4.78, 5) is 15.9. The van der Waals surface area contributed by atoms with Gasteiger partial charge in [-0.25, -0.2) is 0 Å². The SMILES string of the molecule is COCCOC1CCC(NC(=O)c2cc(I)cc3cc[nH]c23)CC1. The van der Waals surface area contributed by atoms with Crippen LogP contribution in [0.3, 0.4) is 0 Å². The molecule has 5 nitrogen and oxygen atoms in total. The van der Waals surface area contributed by atoms with Crippen molar-refractivity contribution >= 4 is 39.4 Å². The molecule has 0 bridgehead atoms. The Kier molecular flexibility index (Phi) is 6.13. The van der Waals surface area contributed by atoms with Gasteiger partial charge in [0, 0.05) is 28.3 Å². The summed E-state index contributed by atoms with van der Waals surface area (Å²) in [7, 11) is 1.68. The standard InChI is InChI=1S/C18H23IN2O3/c1-23-8-9-24-15-4-2-14(3-5-15)21-18(22)16-11-13(19)10-12-6-7-20-17(12)16/h6-7,10-11,14-15,20H,2-5,8-9H2,1H3,(H,21,22). The summed E-state index contributed by atoms with van der Waals surface area (Å²) < 4.78 is 11.9. The molecule has 1 fully saturated rings. The van der Waals surface area contributed by atoms with Gasteiger partial charge in [0.2, 0.25) is 0 Å². The molecule has 1 aromatic carbocycles. The van der Waals surface area contributed by atoms with E-state index in [1.54, 1.807) is 7.11 Å². The minimum Gasteiger partial charge on any atom is -0.382 e. The number of fused-ring (bicyclic) bond motifs is 1. The molecular weight excluding hydrogens is 419 g/mol. The van der Waals surface area contributed by atoms with Crippen molar-refractivity contribution in [1.82, 2.24) is 10.3 Å². The molecule has 1 aliphatic rings. The van der Waals surface area contributed by atoms with Crippen LogP contribution in [0.25, 0.3) is 10.9 Å². The maximum absolute atomic E-state index is 12.7. The lowest BCUT2D eigenvalue weighted by molar-refractivity contribution is -0.00408. The number of H-pyrrole nitrogens is 1. The summed E-state index contributed by atoms with van der Waals surface area (Å²) in [6, 6.07) is 6.24. The van der Waals surface area contributed by atoms with Gasteiger partial charge < -0.3 is 19.8 Å². The summed E-state index contributed by atoms with van der Waals surface area (Å²) >= 11 is 2.25. The zero-order valence-electron chi connectivity index (χ0n) is 13.8. The van der Waals surface area contributed by atoms with Crippen LogP contribution in [-0.2, 0) is 9.47 Å². The molecule has 1 aliphatic carbocycles. The number of carbonyl (C=O) groups excluding carboxylic acids is 1. The van der Waals surface area contributed by atoms with E-state index in [1.807, 2.05) is 18.3 Å². The highest BCUT2D eigenvalue weighted by molar-refractivity contribution is 14.1. The van der Waals surface area contributed by atoms with Crippen LogP contribution in [-0.4, -0.2) is 43.4 Å². The Morgan fingerprint density at radius 1 is 1.29 bits per heavy atom. The maximum Gasteiger partial charge on any atom is 0.253 e. The zero-order valence-corrected chi connectivity index (χ0v) is 16.0. The van der Waals surface area contributed by atoms with Crippen molar-refractivity contribution < 1.29 is 14.3 Å². The molecule has 1 aromatic heterocycles. The van der Waals surface area contributed by atoms with Crippen LogP contribution in [0.1, 0.15) is 36.0 Å². The summed E-state index contributed by atoms with van der Waals surface area (Å²) in [5, 5.41) is 4.26. The molecule has 24 heavy (non-hydrogen) atoms. The van der Waals surface area contributed by atoms with E-state index in [1.165, 1.54) is 0 Å². The van der Waals surface area contributed by atoms with Crippen molar-refractivity contribution in [3.8, 4) is 0 Å². The van der Waals surface area contributed by atoms with Crippen LogP contribution >= 0.6 is 22.6 Å². The fourth-order valence-electron chi connectivity index (χ4n) is 3.25. The molecular formula is C18H23IN2O3. The molecule has 1 amide bonds. The molecule has 6 heteroatoms. The lowest BCUT2D eigenvalue weighted by Gasteiger charge is -2.29. The molecule has 2 N–H and O–H groups in total. The second kappa shape index (κ2) is 8.31. The van der Waals surface area contributed by atoms with E-state index in [2.05, 4.69) is 39.0 Å². The van der Waals surface area contributed by atoms with Crippen LogP contribution in [0.4, 0.5) is 0 Å². The molecule has 1 saturated carbocycles. The van der Waals surface area contributed by atoms with Gasteiger partial charge in [-0.2, -0.15) is 0 Å². The summed E-state index contributed by atoms with van der Waals surface area (Å²) in [6.07, 6.45) is 6.06. The number of benzene rings is 1. The average Bonchev–Trinajstić information content (AvgIpc) is 3.04. The smallest absolute Gasteiger partial charge is 0.253 e. The third-order valence-electron chi connectivity index (χ3n) is 4.52. The van der Waals surface area contributed by atoms with E-state index in [4.69, 9.17) is 9.47 Å². The van der Waals surface area contributed by atoms with Crippen molar-refractivity contribution in [2.45, 2.75) is 37.8 Å². The molecule has 1 heterocycles. The fraction of sp³-hybridized carbons (Fsp3) is 0.500. The van der Waals surface area contributed by atoms with Crippen molar-refractivity contribution in [2.75, 3.05) is 20.3 Å². The third-order valence-corrected chi connectivity index (χ3v) is 5.14. The van der Waals surface area contributed by atoms with Gasteiger partial charge in [0.25, 0.3) is 5.91 Å². The lowest BCUT2D eigenvalue weighted by atomic mass is 9.92. The molecule has 0 aliphatic heterocycles. The first-order valence-electron chi connectivity index (χ1n) is 8.35. The highest BCUT2D eigenvalue weighted by Crippen LogP contribution is 2.24. The highest BCUT2D eigenvalue weighted by atomic mass is 127. The number of aromatic nitrogens is 1. The second-order valence-corrected chi connectivity index (χ2v) is 7.45. The van der Waals surface area contributed by atoms with E-state index in [-0.39, 0.29) is 11.9 Å². The Hall–Kier alpha value is -1.12. The van der Waals surface area contributed by atoms with Gasteiger partial charge in [-0.05, 0) is 66.5 Å². The first-order chi connectivity index (χ1) is 11.7. The fourth-order valence-corrected chi connectivity index (χ4v) is 3.90. The number of amides is 1. The minimum atomic E-state index is 0.00437. The number of hydrogen-bond donors (Lipinski definition) is 2. The van der Waals surface area contributed by atoms with Gasteiger partial charge in [0.15, 0.2) is 0 Å². The van der Waals surface area contributed by atoms with Crippen LogP contribution in [0.5, 0.6) is 0 Å². The number of ether oxygens (including phenoxy) is 2. The molecule has 3 rings (SSSR count). The monoisotopic (exact) mass is 442 g/mol. The van der Waals surface area contributed by atoms with Crippen LogP contribution in [0.2, 0.25) is 0 Å². The Balaban J connectivity index is 1.57. The van der Waals surface area contributed by atoms with Crippen molar-refractivity contribution in [3.05, 3.63) is 33.5 Å². The van der Waals surface area contributed by atoms with Gasteiger partial charge in [0.05, 0.1) is 30.4 Å². The number of aromatic amines is 1. The quantitative estimate of drug-likeness (QED) is 0.532. The van der Waals surface area contributed by atoms with E-state index < -0.39 is 0 Å². The number of nitrogens with one attached hydrogen (secondary N) is 2.